The molecule has 0 amide bonds. The summed E-state index contributed by atoms with van der Waals surface area (Å²) in [7, 11) is 0. The first-order chi connectivity index (χ1) is 13.7. The molecule has 0 aromatic heterocycles. The number of aliphatic hydroxyl groups is 1. The molecule has 0 spiro atoms. The van der Waals surface area contributed by atoms with Crippen molar-refractivity contribution in [3.05, 3.63) is 47.6 Å². The van der Waals surface area contributed by atoms with Crippen molar-refractivity contribution in [2.75, 3.05) is 6.61 Å². The molecule has 29 heavy (non-hydrogen) atoms. The Balaban J connectivity index is 2.65. The van der Waals surface area contributed by atoms with Crippen molar-refractivity contribution >= 4 is 24.2 Å². The van der Waals surface area contributed by atoms with E-state index in [2.05, 4.69) is 13.2 Å². The van der Waals surface area contributed by atoms with Gasteiger partial charge in [0.1, 0.15) is 12.4 Å². The van der Waals surface area contributed by atoms with Crippen LogP contribution in [0.3, 0.4) is 0 Å². The zero-order valence-corrected chi connectivity index (χ0v) is 16.4. The van der Waals surface area contributed by atoms with Crippen LogP contribution in [0.2, 0.25) is 0 Å². The van der Waals surface area contributed by atoms with Gasteiger partial charge in [0.2, 0.25) is 0 Å². The third kappa shape index (κ3) is 5.08. The van der Waals surface area contributed by atoms with Gasteiger partial charge >= 0.3 is 17.9 Å². The van der Waals surface area contributed by atoms with E-state index in [1.54, 1.807) is 12.2 Å². The van der Waals surface area contributed by atoms with Crippen LogP contribution in [0.15, 0.2) is 47.6 Å². The molecular formula is C21H24O8. The van der Waals surface area contributed by atoms with Crippen molar-refractivity contribution in [2.24, 2.45) is 5.92 Å². The summed E-state index contributed by atoms with van der Waals surface area (Å²) in [6.07, 6.45) is 0.932. The van der Waals surface area contributed by atoms with Crippen molar-refractivity contribution in [1.29, 1.82) is 0 Å². The highest BCUT2D eigenvalue weighted by Crippen LogP contribution is 2.37. The Labute approximate surface area is 168 Å². The van der Waals surface area contributed by atoms with Crippen LogP contribution in [0.4, 0.5) is 0 Å². The van der Waals surface area contributed by atoms with E-state index in [0.717, 1.165) is 6.92 Å². The monoisotopic (exact) mass is 404 g/mol. The minimum Gasteiger partial charge on any atom is -0.454 e. The van der Waals surface area contributed by atoms with E-state index >= 15 is 0 Å². The normalized spacial score (nSPS) is 30.6. The molecule has 0 bridgehead atoms. The molecule has 1 aliphatic carbocycles. The molecule has 0 radical (unpaired) electrons. The predicted molar refractivity (Wildman–Crippen MR) is 101 cm³/mol. The maximum absolute atomic E-state index is 12.3. The Morgan fingerprint density at radius 2 is 2.03 bits per heavy atom. The van der Waals surface area contributed by atoms with Gasteiger partial charge in [0.15, 0.2) is 12.2 Å². The number of fused-ring (bicyclic) bond motifs is 1. The molecule has 2 rings (SSSR count). The molecule has 0 saturated carbocycles. The largest absolute Gasteiger partial charge is 0.454 e. The summed E-state index contributed by atoms with van der Waals surface area (Å²) in [5.41, 5.74) is 0.745. The number of hydrogen-bond donors (Lipinski definition) is 1. The van der Waals surface area contributed by atoms with Gasteiger partial charge < -0.3 is 19.3 Å². The molecule has 8 heteroatoms. The summed E-state index contributed by atoms with van der Waals surface area (Å²) in [4.78, 5) is 48.0. The number of rotatable bonds is 5. The topological polar surface area (TPSA) is 116 Å². The van der Waals surface area contributed by atoms with Gasteiger partial charge in [0.25, 0.3) is 0 Å². The van der Waals surface area contributed by atoms with Gasteiger partial charge in [-0.1, -0.05) is 19.2 Å². The number of esters is 3. The van der Waals surface area contributed by atoms with Crippen LogP contribution in [0.1, 0.15) is 26.7 Å². The van der Waals surface area contributed by atoms with E-state index in [0.29, 0.717) is 24.7 Å². The number of aliphatic hydroxyl groups excluding tert-OH is 1. The summed E-state index contributed by atoms with van der Waals surface area (Å²) >= 11 is 0. The zero-order chi connectivity index (χ0) is 21.7. The van der Waals surface area contributed by atoms with Gasteiger partial charge in [-0.3, -0.25) is 9.59 Å². The average molecular weight is 404 g/mol. The fraction of sp³-hybridized carbons (Fsp3) is 0.429. The number of aldehydes is 1. The van der Waals surface area contributed by atoms with Crippen LogP contribution in [0.5, 0.6) is 0 Å². The summed E-state index contributed by atoms with van der Waals surface area (Å²) in [5.74, 6) is -3.12. The van der Waals surface area contributed by atoms with Crippen LogP contribution in [0, 0.1) is 5.92 Å². The number of ether oxygens (including phenoxy) is 3. The Morgan fingerprint density at radius 1 is 1.34 bits per heavy atom. The first-order valence-corrected chi connectivity index (χ1v) is 9.08. The second kappa shape index (κ2) is 9.47. The predicted octanol–water partition coefficient (Wildman–Crippen LogP) is 1.34. The van der Waals surface area contributed by atoms with Gasteiger partial charge in [-0.2, -0.15) is 0 Å². The van der Waals surface area contributed by atoms with Crippen molar-refractivity contribution in [1.82, 2.24) is 0 Å². The summed E-state index contributed by atoms with van der Waals surface area (Å²) in [6, 6.07) is 0. The lowest BCUT2D eigenvalue weighted by molar-refractivity contribution is -0.166. The van der Waals surface area contributed by atoms with E-state index in [9.17, 15) is 24.3 Å². The summed E-state index contributed by atoms with van der Waals surface area (Å²) in [6.45, 7) is 9.59. The zero-order valence-electron chi connectivity index (χ0n) is 16.4. The number of allylic oxidation sites excluding steroid dienone is 1. The Morgan fingerprint density at radius 3 is 2.59 bits per heavy atom. The molecule has 2 aliphatic rings. The maximum atomic E-state index is 12.3. The van der Waals surface area contributed by atoms with Crippen molar-refractivity contribution in [3.8, 4) is 0 Å². The average Bonchev–Trinajstić information content (AvgIpc) is 2.93. The number of hydrogen-bond acceptors (Lipinski definition) is 8. The molecule has 156 valence electrons. The highest BCUT2D eigenvalue weighted by molar-refractivity contribution is 5.92. The van der Waals surface area contributed by atoms with Crippen LogP contribution >= 0.6 is 0 Å². The minimum atomic E-state index is -1.27. The van der Waals surface area contributed by atoms with Crippen LogP contribution in [0.25, 0.3) is 0 Å². The van der Waals surface area contributed by atoms with E-state index in [1.807, 2.05) is 0 Å². The number of carbonyl (C=O) groups excluding carboxylic acids is 4. The van der Waals surface area contributed by atoms with Gasteiger partial charge in [-0.25, -0.2) is 9.59 Å². The Hall–Kier alpha value is -3.00. The summed E-state index contributed by atoms with van der Waals surface area (Å²) < 4.78 is 16.2. The molecule has 8 nitrogen and oxygen atoms in total. The van der Waals surface area contributed by atoms with Crippen molar-refractivity contribution in [3.63, 3.8) is 0 Å². The third-order valence-electron chi connectivity index (χ3n) is 4.71. The Bertz CT molecular complexity index is 803. The number of carbonyl (C=O) groups is 4. The molecule has 0 aromatic rings. The van der Waals surface area contributed by atoms with Crippen molar-refractivity contribution in [2.45, 2.75) is 45.0 Å². The van der Waals surface area contributed by atoms with Gasteiger partial charge in [0.05, 0.1) is 12.5 Å². The molecule has 1 heterocycles. The lowest BCUT2D eigenvalue weighted by Crippen LogP contribution is -2.45. The highest BCUT2D eigenvalue weighted by Gasteiger charge is 2.49. The standard InChI is InChI=1S/C21H24O8/c1-11(2)20(25)29-19-17-12(3)21(26)28-16(17)8-14(9-22)6-5-7-15(10-23)18(19)27-13(4)24/h7-8,10,16-19,22H,1,3,5-6,9H2,2,4H3/b14-8+,15-7-/t16-,17-,18+,19+/m1/s1. The first kappa shape index (κ1) is 22.3. The molecule has 1 fully saturated rings. The molecule has 0 unspecified atom stereocenters. The first-order valence-electron chi connectivity index (χ1n) is 9.08. The lowest BCUT2D eigenvalue weighted by Gasteiger charge is -2.33. The molecular weight excluding hydrogens is 380 g/mol. The quantitative estimate of drug-likeness (QED) is 0.240. The smallest absolute Gasteiger partial charge is 0.334 e. The van der Waals surface area contributed by atoms with E-state index in [-0.39, 0.29) is 23.3 Å². The lowest BCUT2D eigenvalue weighted by atomic mass is 9.83. The molecule has 1 aliphatic heterocycles. The third-order valence-corrected chi connectivity index (χ3v) is 4.71. The molecule has 1 saturated heterocycles. The van der Waals surface area contributed by atoms with Crippen LogP contribution in [-0.2, 0) is 33.4 Å². The molecule has 4 atom stereocenters. The molecule has 1 N–H and O–H groups in total. The fourth-order valence-electron chi connectivity index (χ4n) is 3.28. The second-order valence-electron chi connectivity index (χ2n) is 6.94. The van der Waals surface area contributed by atoms with Gasteiger partial charge in [0, 0.05) is 23.6 Å². The fourth-order valence-corrected chi connectivity index (χ4v) is 3.28. The SMILES string of the molecule is C=C(C)C(=O)O[C@H]1[C@@H]2C(=C)C(=O)O[C@@H]2/C=C(/CO)CC/C=C(/C=O)[C@@H]1OC(C)=O. The van der Waals surface area contributed by atoms with Gasteiger partial charge in [-0.05, 0) is 31.4 Å². The van der Waals surface area contributed by atoms with Crippen LogP contribution in [-0.4, -0.2) is 54.2 Å². The van der Waals surface area contributed by atoms with E-state index in [1.165, 1.54) is 6.92 Å². The van der Waals surface area contributed by atoms with E-state index in [4.69, 9.17) is 14.2 Å². The minimum absolute atomic E-state index is 0.00558. The van der Waals surface area contributed by atoms with Crippen molar-refractivity contribution < 1.29 is 38.5 Å². The maximum Gasteiger partial charge on any atom is 0.334 e. The second-order valence-corrected chi connectivity index (χ2v) is 6.94. The van der Waals surface area contributed by atoms with Gasteiger partial charge in [-0.15, -0.1) is 0 Å². The van der Waals surface area contributed by atoms with Crippen LogP contribution < -0.4 is 0 Å². The van der Waals surface area contributed by atoms with E-state index < -0.39 is 42.1 Å². The summed E-state index contributed by atoms with van der Waals surface area (Å²) in [5, 5.41) is 9.61. The molecule has 0 aromatic carbocycles. The Kier molecular flexibility index (Phi) is 7.28. The highest BCUT2D eigenvalue weighted by atomic mass is 16.6.